The van der Waals surface area contributed by atoms with E-state index in [9.17, 15) is 8.42 Å². The maximum absolute atomic E-state index is 11.1. The molecule has 1 aromatic heterocycles. The van der Waals surface area contributed by atoms with Gasteiger partial charge in [-0.1, -0.05) is 0 Å². The molecule has 10 heteroatoms. The van der Waals surface area contributed by atoms with Gasteiger partial charge in [0.15, 0.2) is 5.96 Å². The molecule has 0 bridgehead atoms. The summed E-state index contributed by atoms with van der Waals surface area (Å²) in [7, 11) is -3.64. The minimum atomic E-state index is -3.64. The smallest absolute Gasteiger partial charge is 0.247 e. The fourth-order valence-corrected chi connectivity index (χ4v) is 3.54. The number of thiophene rings is 1. The van der Waals surface area contributed by atoms with Gasteiger partial charge in [-0.2, -0.15) is 0 Å². The Bertz CT molecular complexity index is 582. The lowest BCUT2D eigenvalue weighted by molar-refractivity contribution is 0.114. The molecule has 1 saturated heterocycles. The Labute approximate surface area is 145 Å². The van der Waals surface area contributed by atoms with Crippen molar-refractivity contribution in [2.24, 2.45) is 15.9 Å². The molecule has 120 valence electrons. The normalized spacial score (nSPS) is 19.3. The number of hydrogen-bond acceptors (Lipinski definition) is 5. The average molecular weight is 446 g/mol. The van der Waals surface area contributed by atoms with Crippen molar-refractivity contribution in [3.8, 4) is 0 Å². The van der Waals surface area contributed by atoms with E-state index in [0.717, 1.165) is 35.7 Å². The van der Waals surface area contributed by atoms with Crippen molar-refractivity contribution in [1.29, 1.82) is 0 Å². The zero-order valence-corrected chi connectivity index (χ0v) is 15.3. The van der Waals surface area contributed by atoms with Crippen LogP contribution in [0.1, 0.15) is 17.7 Å². The molecule has 2 rings (SSSR count). The van der Waals surface area contributed by atoms with Crippen molar-refractivity contribution in [3.05, 3.63) is 17.0 Å². The summed E-state index contributed by atoms with van der Waals surface area (Å²) in [6.45, 7) is 1.77. The molecule has 1 atom stereocenters. The number of sulfonamides is 1. The van der Waals surface area contributed by atoms with Gasteiger partial charge in [-0.15, -0.1) is 35.3 Å². The molecule has 0 amide bonds. The highest BCUT2D eigenvalue weighted by Gasteiger charge is 2.15. The number of nitrogens with zero attached hydrogens (tertiary/aromatic N) is 1. The third-order valence-corrected chi connectivity index (χ3v) is 5.37. The average Bonchev–Trinajstić information content (AvgIpc) is 3.04. The van der Waals surface area contributed by atoms with Crippen LogP contribution < -0.4 is 16.2 Å². The number of halogens is 1. The van der Waals surface area contributed by atoms with E-state index in [1.807, 2.05) is 0 Å². The predicted octanol–water partition coefficient (Wildman–Crippen LogP) is 0.597. The Balaban J connectivity index is 0.00000220. The number of hydrogen-bond donors (Lipinski definition) is 3. The lowest BCUT2D eigenvalue weighted by atomic mass is 10.2. The van der Waals surface area contributed by atoms with E-state index < -0.39 is 10.0 Å². The SMILES string of the molecule is I.NC(=NCc1ccc(S(N)(=O)=O)s1)NCC1CCCO1. The third-order valence-electron chi connectivity index (χ3n) is 2.86. The molecule has 0 aromatic carbocycles. The molecule has 1 aromatic rings. The summed E-state index contributed by atoms with van der Waals surface area (Å²) in [5.41, 5.74) is 5.74. The maximum atomic E-state index is 11.1. The molecule has 0 radical (unpaired) electrons. The van der Waals surface area contributed by atoms with Gasteiger partial charge in [0.05, 0.1) is 12.6 Å². The number of ether oxygens (including phenoxy) is 1. The molecule has 5 N–H and O–H groups in total. The molecule has 2 heterocycles. The molecule has 7 nitrogen and oxygen atoms in total. The molecule has 21 heavy (non-hydrogen) atoms. The quantitative estimate of drug-likeness (QED) is 0.348. The van der Waals surface area contributed by atoms with E-state index >= 15 is 0 Å². The van der Waals surface area contributed by atoms with E-state index in [4.69, 9.17) is 15.6 Å². The molecule has 1 fully saturated rings. The van der Waals surface area contributed by atoms with E-state index in [-0.39, 0.29) is 34.3 Å². The summed E-state index contributed by atoms with van der Waals surface area (Å²) in [6, 6.07) is 3.15. The van der Waals surface area contributed by atoms with Crippen LogP contribution in [0.4, 0.5) is 0 Å². The number of rotatable bonds is 5. The molecule has 1 aliphatic heterocycles. The first-order valence-corrected chi connectivity index (χ1v) is 8.58. The minimum absolute atomic E-state index is 0. The number of guanidine groups is 1. The number of nitrogens with two attached hydrogens (primary N) is 2. The second kappa shape index (κ2) is 8.27. The Morgan fingerprint density at radius 2 is 2.29 bits per heavy atom. The van der Waals surface area contributed by atoms with Crippen LogP contribution >= 0.6 is 35.3 Å². The van der Waals surface area contributed by atoms with Crippen LogP contribution in [0.3, 0.4) is 0 Å². The molecule has 0 aliphatic carbocycles. The van der Waals surface area contributed by atoms with Gasteiger partial charge in [-0.05, 0) is 25.0 Å². The summed E-state index contributed by atoms with van der Waals surface area (Å²) in [6.07, 6.45) is 2.30. The van der Waals surface area contributed by atoms with Crippen LogP contribution in [0.5, 0.6) is 0 Å². The van der Waals surface area contributed by atoms with Crippen LogP contribution in [0.2, 0.25) is 0 Å². The minimum Gasteiger partial charge on any atom is -0.376 e. The highest BCUT2D eigenvalue weighted by Crippen LogP contribution is 2.20. The van der Waals surface area contributed by atoms with Gasteiger partial charge in [0.1, 0.15) is 4.21 Å². The molecular weight excluding hydrogens is 427 g/mol. The van der Waals surface area contributed by atoms with Crippen LogP contribution in [0.15, 0.2) is 21.3 Å². The summed E-state index contributed by atoms with van der Waals surface area (Å²) < 4.78 is 27.9. The molecular formula is C11H19IN4O3S2. The van der Waals surface area contributed by atoms with Gasteiger partial charge in [0, 0.05) is 18.0 Å². The number of primary sulfonamides is 1. The van der Waals surface area contributed by atoms with Crippen molar-refractivity contribution >= 4 is 51.3 Å². The second-order valence-corrected chi connectivity index (χ2v) is 7.44. The van der Waals surface area contributed by atoms with Crippen molar-refractivity contribution in [2.45, 2.75) is 29.7 Å². The lowest BCUT2D eigenvalue weighted by Gasteiger charge is -2.10. The van der Waals surface area contributed by atoms with Gasteiger partial charge in [-0.25, -0.2) is 18.5 Å². The van der Waals surface area contributed by atoms with Crippen LogP contribution in [-0.4, -0.2) is 33.6 Å². The first kappa shape index (κ1) is 18.6. The van der Waals surface area contributed by atoms with Crippen molar-refractivity contribution in [3.63, 3.8) is 0 Å². The summed E-state index contributed by atoms with van der Waals surface area (Å²) >= 11 is 1.10. The lowest BCUT2D eigenvalue weighted by Crippen LogP contribution is -2.37. The zero-order valence-electron chi connectivity index (χ0n) is 11.3. The first-order valence-electron chi connectivity index (χ1n) is 6.22. The topological polar surface area (TPSA) is 120 Å². The largest absolute Gasteiger partial charge is 0.376 e. The van der Waals surface area contributed by atoms with E-state index in [1.54, 1.807) is 6.07 Å². The zero-order chi connectivity index (χ0) is 14.6. The van der Waals surface area contributed by atoms with Crippen molar-refractivity contribution in [2.75, 3.05) is 13.2 Å². The van der Waals surface area contributed by atoms with Gasteiger partial charge < -0.3 is 15.8 Å². The number of aliphatic imine (C=N–C) groups is 1. The highest BCUT2D eigenvalue weighted by molar-refractivity contribution is 14.0. The summed E-state index contributed by atoms with van der Waals surface area (Å²) in [4.78, 5) is 4.94. The molecule has 1 unspecified atom stereocenters. The highest BCUT2D eigenvalue weighted by atomic mass is 127. The van der Waals surface area contributed by atoms with Crippen LogP contribution in [0, 0.1) is 0 Å². The fourth-order valence-electron chi connectivity index (χ4n) is 1.84. The summed E-state index contributed by atoms with van der Waals surface area (Å²) in [5.74, 6) is 0.325. The first-order chi connectivity index (χ1) is 9.45. The van der Waals surface area contributed by atoms with E-state index in [2.05, 4.69) is 10.3 Å². The standard InChI is InChI=1S/C11H18N4O3S2.HI/c12-11(14-6-8-2-1-5-18-8)15-7-9-3-4-10(19-9)20(13,16)17;/h3-4,8H,1-2,5-7H2,(H3,12,14,15)(H2,13,16,17);1H. The maximum Gasteiger partial charge on any atom is 0.247 e. The van der Waals surface area contributed by atoms with Crippen molar-refractivity contribution in [1.82, 2.24) is 5.32 Å². The van der Waals surface area contributed by atoms with Gasteiger partial charge in [0.25, 0.3) is 0 Å². The molecule has 1 aliphatic rings. The second-order valence-electron chi connectivity index (χ2n) is 4.48. The monoisotopic (exact) mass is 446 g/mol. The molecule has 0 saturated carbocycles. The van der Waals surface area contributed by atoms with Gasteiger partial charge in [0.2, 0.25) is 10.0 Å². The fraction of sp³-hybridized carbons (Fsp3) is 0.545. The Morgan fingerprint density at radius 3 is 2.86 bits per heavy atom. The Morgan fingerprint density at radius 1 is 1.52 bits per heavy atom. The predicted molar refractivity (Wildman–Crippen MR) is 93.4 cm³/mol. The number of nitrogens with one attached hydrogen (secondary N) is 1. The van der Waals surface area contributed by atoms with Crippen LogP contribution in [0.25, 0.3) is 0 Å². The summed E-state index contributed by atoms with van der Waals surface area (Å²) in [5, 5.41) is 8.04. The van der Waals surface area contributed by atoms with Gasteiger partial charge >= 0.3 is 0 Å². The van der Waals surface area contributed by atoms with Gasteiger partial charge in [-0.3, -0.25) is 0 Å². The Kier molecular flexibility index (Phi) is 7.33. The van der Waals surface area contributed by atoms with Crippen LogP contribution in [-0.2, 0) is 21.3 Å². The Hall–Kier alpha value is -0.430. The third kappa shape index (κ3) is 6.06. The molecule has 0 spiro atoms. The van der Waals surface area contributed by atoms with E-state index in [1.165, 1.54) is 6.07 Å². The van der Waals surface area contributed by atoms with Crippen molar-refractivity contribution < 1.29 is 13.2 Å². The van der Waals surface area contributed by atoms with E-state index in [0.29, 0.717) is 19.0 Å².